The maximum atomic E-state index is 4.80. The number of aliphatic imine (C=N–C) groups is 3. The van der Waals surface area contributed by atoms with Crippen LogP contribution in [-0.2, 0) is 0 Å². The van der Waals surface area contributed by atoms with E-state index < -0.39 is 4.87 Å². The van der Waals surface area contributed by atoms with E-state index >= 15 is 0 Å². The molecule has 56 valence electrons. The number of hydrogen-bond acceptors (Lipinski definition) is 4. The molecule has 0 aromatic heterocycles. The maximum absolute atomic E-state index is 4.80. The standard InChI is InChI=1S/C5H4N4S2/c10-4-6-1-5(11)3(9-4)7-2-8-5/h1-2,11H,(H,7,8,9,10). The molecule has 0 aromatic rings. The average Bonchev–Trinajstić information content (AvgIpc) is 2.31. The van der Waals surface area contributed by atoms with Crippen LogP contribution >= 0.6 is 24.8 Å². The van der Waals surface area contributed by atoms with Crippen LogP contribution in [0, 0.1) is 0 Å². The van der Waals surface area contributed by atoms with Gasteiger partial charge in [0.25, 0.3) is 0 Å². The Hall–Kier alpha value is -0.750. The zero-order chi connectivity index (χ0) is 7.90. The fourth-order valence-corrected chi connectivity index (χ4v) is 1.20. The summed E-state index contributed by atoms with van der Waals surface area (Å²) < 4.78 is 0. The molecule has 2 aliphatic heterocycles. The second kappa shape index (κ2) is 2.12. The van der Waals surface area contributed by atoms with Crippen molar-refractivity contribution in [1.82, 2.24) is 5.32 Å². The molecule has 2 aliphatic rings. The fraction of sp³-hybridized carbons (Fsp3) is 0.200. The third-order valence-corrected chi connectivity index (χ3v) is 2.03. The van der Waals surface area contributed by atoms with E-state index in [0.717, 1.165) is 0 Å². The molecule has 1 atom stereocenters. The molecule has 2 rings (SSSR count). The summed E-state index contributed by atoms with van der Waals surface area (Å²) >= 11 is 9.05. The molecule has 4 nitrogen and oxygen atoms in total. The highest BCUT2D eigenvalue weighted by atomic mass is 32.1. The molecule has 1 unspecified atom stereocenters. The van der Waals surface area contributed by atoms with E-state index in [9.17, 15) is 0 Å². The Morgan fingerprint density at radius 1 is 1.64 bits per heavy atom. The second-order valence-corrected chi connectivity index (χ2v) is 3.21. The van der Waals surface area contributed by atoms with E-state index in [4.69, 9.17) is 12.2 Å². The highest BCUT2D eigenvalue weighted by Gasteiger charge is 2.35. The van der Waals surface area contributed by atoms with Gasteiger partial charge in [-0.25, -0.2) is 15.0 Å². The van der Waals surface area contributed by atoms with E-state index in [-0.39, 0.29) is 0 Å². The fourth-order valence-electron chi connectivity index (χ4n) is 0.832. The van der Waals surface area contributed by atoms with Crippen molar-refractivity contribution in [1.29, 1.82) is 0 Å². The van der Waals surface area contributed by atoms with Gasteiger partial charge in [0.1, 0.15) is 6.34 Å². The number of nitrogens with one attached hydrogen (secondary N) is 1. The molecule has 0 bridgehead atoms. The summed E-state index contributed by atoms with van der Waals surface area (Å²) in [5.41, 5.74) is 0. The molecule has 0 saturated heterocycles. The summed E-state index contributed by atoms with van der Waals surface area (Å²) in [5.74, 6) is 0.626. The minimum absolute atomic E-state index is 0.402. The molecule has 0 aromatic carbocycles. The predicted octanol–water partition coefficient (Wildman–Crippen LogP) is 0.0118. The number of hydrogen-bond donors (Lipinski definition) is 2. The first-order valence-electron chi connectivity index (χ1n) is 2.91. The third kappa shape index (κ3) is 0.982. The highest BCUT2D eigenvalue weighted by molar-refractivity contribution is 7.84. The molecule has 2 heterocycles. The molecule has 11 heavy (non-hydrogen) atoms. The number of thiol groups is 1. The Labute approximate surface area is 73.9 Å². The van der Waals surface area contributed by atoms with Crippen LogP contribution in [0.4, 0.5) is 0 Å². The van der Waals surface area contributed by atoms with Crippen molar-refractivity contribution in [2.24, 2.45) is 15.0 Å². The Morgan fingerprint density at radius 2 is 2.45 bits per heavy atom. The van der Waals surface area contributed by atoms with E-state index in [1.54, 1.807) is 6.21 Å². The molecule has 0 amide bonds. The minimum Gasteiger partial charge on any atom is -0.316 e. The molecular formula is C5H4N4S2. The van der Waals surface area contributed by atoms with Gasteiger partial charge >= 0.3 is 0 Å². The smallest absolute Gasteiger partial charge is 0.198 e. The summed E-state index contributed by atoms with van der Waals surface area (Å²) in [6.45, 7) is 0. The van der Waals surface area contributed by atoms with Crippen LogP contribution in [0.15, 0.2) is 15.0 Å². The molecular weight excluding hydrogens is 180 g/mol. The molecule has 1 N–H and O–H groups in total. The largest absolute Gasteiger partial charge is 0.316 e. The van der Waals surface area contributed by atoms with Gasteiger partial charge in [-0.1, -0.05) is 0 Å². The first-order chi connectivity index (χ1) is 5.21. The normalized spacial score (nSPS) is 33.2. The number of rotatable bonds is 0. The molecule has 0 fully saturated rings. The van der Waals surface area contributed by atoms with Gasteiger partial charge in [-0.05, 0) is 12.2 Å². The summed E-state index contributed by atoms with van der Waals surface area (Å²) in [7, 11) is 0. The van der Waals surface area contributed by atoms with Crippen molar-refractivity contribution in [2.45, 2.75) is 4.87 Å². The Bertz CT molecular complexity index is 306. The molecule has 0 aliphatic carbocycles. The second-order valence-electron chi connectivity index (χ2n) is 2.14. The molecule has 0 radical (unpaired) electrons. The van der Waals surface area contributed by atoms with Gasteiger partial charge in [0, 0.05) is 0 Å². The SMILES string of the molecule is S=C1N=CC2(S)N=CN=C2N1. The topological polar surface area (TPSA) is 49.1 Å². The van der Waals surface area contributed by atoms with Gasteiger partial charge in [0.2, 0.25) is 0 Å². The van der Waals surface area contributed by atoms with Crippen LogP contribution in [0.5, 0.6) is 0 Å². The first-order valence-corrected chi connectivity index (χ1v) is 3.77. The minimum atomic E-state index is -0.706. The van der Waals surface area contributed by atoms with E-state index in [0.29, 0.717) is 10.9 Å². The van der Waals surface area contributed by atoms with E-state index in [1.165, 1.54) is 6.34 Å². The van der Waals surface area contributed by atoms with Crippen LogP contribution in [-0.4, -0.2) is 28.4 Å². The summed E-state index contributed by atoms with van der Waals surface area (Å²) in [6, 6.07) is 0. The molecule has 0 spiro atoms. The van der Waals surface area contributed by atoms with Crippen LogP contribution in [0.3, 0.4) is 0 Å². The van der Waals surface area contributed by atoms with E-state index in [1.807, 2.05) is 0 Å². The van der Waals surface area contributed by atoms with Gasteiger partial charge < -0.3 is 5.32 Å². The Morgan fingerprint density at radius 3 is 3.27 bits per heavy atom. The van der Waals surface area contributed by atoms with E-state index in [2.05, 4.69) is 32.9 Å². The lowest BCUT2D eigenvalue weighted by atomic mass is 10.3. The van der Waals surface area contributed by atoms with Crippen molar-refractivity contribution < 1.29 is 0 Å². The number of amidine groups is 1. The van der Waals surface area contributed by atoms with Crippen molar-refractivity contribution in [3.63, 3.8) is 0 Å². The van der Waals surface area contributed by atoms with Crippen molar-refractivity contribution in [3.05, 3.63) is 0 Å². The lowest BCUT2D eigenvalue weighted by Gasteiger charge is -2.21. The van der Waals surface area contributed by atoms with Crippen LogP contribution in [0.1, 0.15) is 0 Å². The molecule has 0 saturated carbocycles. The maximum Gasteiger partial charge on any atom is 0.198 e. The molecule has 6 heteroatoms. The van der Waals surface area contributed by atoms with Crippen molar-refractivity contribution in [3.8, 4) is 0 Å². The summed E-state index contributed by atoms with van der Waals surface area (Å²) in [6.07, 6.45) is 3.01. The first kappa shape index (κ1) is 6.93. The lowest BCUT2D eigenvalue weighted by Crippen LogP contribution is -2.46. The quantitative estimate of drug-likeness (QED) is 0.411. The van der Waals surface area contributed by atoms with Gasteiger partial charge in [0.15, 0.2) is 15.8 Å². The van der Waals surface area contributed by atoms with Gasteiger partial charge in [0.05, 0.1) is 6.21 Å². The monoisotopic (exact) mass is 184 g/mol. The van der Waals surface area contributed by atoms with Gasteiger partial charge in [-0.2, -0.15) is 0 Å². The predicted molar refractivity (Wildman–Crippen MR) is 51.9 cm³/mol. The number of fused-ring (bicyclic) bond motifs is 1. The summed E-state index contributed by atoms with van der Waals surface area (Å²) in [5, 5.41) is 3.20. The van der Waals surface area contributed by atoms with Crippen LogP contribution in [0.2, 0.25) is 0 Å². The van der Waals surface area contributed by atoms with Crippen LogP contribution in [0.25, 0.3) is 0 Å². The Kier molecular flexibility index (Phi) is 1.33. The number of thiocarbonyl (C=S) groups is 1. The lowest BCUT2D eigenvalue weighted by molar-refractivity contribution is 1.05. The van der Waals surface area contributed by atoms with Gasteiger partial charge in [-0.3, -0.25) is 0 Å². The van der Waals surface area contributed by atoms with Gasteiger partial charge in [-0.15, -0.1) is 12.6 Å². The van der Waals surface area contributed by atoms with Crippen molar-refractivity contribution >= 4 is 48.3 Å². The third-order valence-electron chi connectivity index (χ3n) is 1.38. The zero-order valence-corrected chi connectivity index (χ0v) is 7.06. The Balaban J connectivity index is 2.46. The zero-order valence-electron chi connectivity index (χ0n) is 5.35. The average molecular weight is 184 g/mol. The van der Waals surface area contributed by atoms with Crippen LogP contribution < -0.4 is 5.32 Å². The number of nitrogens with zero attached hydrogens (tertiary/aromatic N) is 3. The highest BCUT2D eigenvalue weighted by Crippen LogP contribution is 2.20. The summed E-state index contributed by atoms with van der Waals surface area (Å²) in [4.78, 5) is 11.1. The van der Waals surface area contributed by atoms with Crippen molar-refractivity contribution in [2.75, 3.05) is 0 Å².